The van der Waals surface area contributed by atoms with E-state index in [0.29, 0.717) is 23.7 Å². The van der Waals surface area contributed by atoms with Gasteiger partial charge in [-0.15, -0.1) is 0 Å². The number of nitrogens with zero attached hydrogens (tertiary/aromatic N) is 2. The number of hydrogen-bond donors (Lipinski definition) is 1. The van der Waals surface area contributed by atoms with E-state index in [2.05, 4.69) is 5.32 Å². The van der Waals surface area contributed by atoms with Crippen LogP contribution in [0.15, 0.2) is 48.5 Å². The van der Waals surface area contributed by atoms with Gasteiger partial charge in [0.2, 0.25) is 21.8 Å². The van der Waals surface area contributed by atoms with E-state index >= 15 is 0 Å². The minimum atomic E-state index is -3.78. The van der Waals surface area contributed by atoms with Crippen LogP contribution in [0, 0.1) is 6.92 Å². The Labute approximate surface area is 208 Å². The van der Waals surface area contributed by atoms with E-state index < -0.39 is 28.5 Å². The molecule has 0 unspecified atom stereocenters. The molecule has 0 spiro atoms. The van der Waals surface area contributed by atoms with Crippen molar-refractivity contribution in [1.82, 2.24) is 10.2 Å². The summed E-state index contributed by atoms with van der Waals surface area (Å²) in [7, 11) is -3.78. The molecule has 2 aromatic rings. The van der Waals surface area contributed by atoms with Crippen LogP contribution in [0.4, 0.5) is 5.69 Å². The van der Waals surface area contributed by atoms with Crippen LogP contribution in [0.2, 0.25) is 5.02 Å². The number of aryl methyl sites for hydroxylation is 1. The van der Waals surface area contributed by atoms with E-state index in [1.54, 1.807) is 19.1 Å². The first kappa shape index (κ1) is 27.7. The molecular weight excluding hydrogens is 474 g/mol. The zero-order chi connectivity index (χ0) is 25.3. The Morgan fingerprint density at radius 3 is 2.38 bits per heavy atom. The molecule has 0 aliphatic heterocycles. The molecule has 0 aliphatic carbocycles. The van der Waals surface area contributed by atoms with Crippen LogP contribution >= 0.6 is 11.6 Å². The van der Waals surface area contributed by atoms with Gasteiger partial charge in [-0.25, -0.2) is 8.42 Å². The molecule has 0 bridgehead atoms. The van der Waals surface area contributed by atoms with Gasteiger partial charge in [-0.05, 0) is 49.9 Å². The van der Waals surface area contributed by atoms with Gasteiger partial charge in [-0.3, -0.25) is 13.9 Å². The van der Waals surface area contributed by atoms with E-state index in [1.165, 1.54) is 11.0 Å². The van der Waals surface area contributed by atoms with E-state index in [0.717, 1.165) is 34.5 Å². The van der Waals surface area contributed by atoms with Crippen molar-refractivity contribution in [2.24, 2.45) is 0 Å². The highest BCUT2D eigenvalue weighted by molar-refractivity contribution is 7.92. The molecule has 0 aromatic heterocycles. The highest BCUT2D eigenvalue weighted by Gasteiger charge is 2.29. The van der Waals surface area contributed by atoms with Crippen molar-refractivity contribution in [3.05, 3.63) is 64.7 Å². The van der Waals surface area contributed by atoms with Gasteiger partial charge in [0.25, 0.3) is 0 Å². The summed E-state index contributed by atoms with van der Waals surface area (Å²) < 4.78 is 26.2. The Kier molecular flexibility index (Phi) is 10.4. The van der Waals surface area contributed by atoms with Gasteiger partial charge in [0.15, 0.2) is 0 Å². The summed E-state index contributed by atoms with van der Waals surface area (Å²) in [5.41, 5.74) is 2.12. The Morgan fingerprint density at radius 1 is 1.12 bits per heavy atom. The second kappa shape index (κ2) is 12.8. The summed E-state index contributed by atoms with van der Waals surface area (Å²) in [5.74, 6) is -0.727. The lowest BCUT2D eigenvalue weighted by atomic mass is 10.1. The van der Waals surface area contributed by atoms with E-state index in [-0.39, 0.29) is 12.5 Å². The maximum Gasteiger partial charge on any atom is 0.244 e. The lowest BCUT2D eigenvalue weighted by molar-refractivity contribution is -0.138. The maximum atomic E-state index is 13.4. The number of rotatable bonds is 12. The summed E-state index contributed by atoms with van der Waals surface area (Å²) in [6.07, 6.45) is 3.36. The third kappa shape index (κ3) is 8.02. The minimum Gasteiger partial charge on any atom is -0.354 e. The Morgan fingerprint density at radius 2 is 1.79 bits per heavy atom. The zero-order valence-corrected chi connectivity index (χ0v) is 21.8. The van der Waals surface area contributed by atoms with Crippen molar-refractivity contribution >= 4 is 39.1 Å². The standard InChI is InChI=1S/C25H34ClN3O4S/c1-5-6-15-27-25(31)20(3)28(16-14-21-10-8-7-9-11-21)24(30)18-29(34(4,32)33)22-13-12-19(2)23(26)17-22/h7-13,17,20H,5-6,14-16,18H2,1-4H3,(H,27,31)/t20-/m0/s1. The van der Waals surface area contributed by atoms with E-state index in [9.17, 15) is 18.0 Å². The number of carbonyl (C=O) groups is 2. The zero-order valence-electron chi connectivity index (χ0n) is 20.3. The molecular formula is C25H34ClN3O4S. The summed E-state index contributed by atoms with van der Waals surface area (Å²) in [6.45, 7) is 5.88. The normalized spacial score (nSPS) is 12.1. The van der Waals surface area contributed by atoms with Crippen LogP contribution in [0.5, 0.6) is 0 Å². The van der Waals surface area contributed by atoms with E-state index in [1.807, 2.05) is 44.2 Å². The fourth-order valence-electron chi connectivity index (χ4n) is 3.46. The number of benzene rings is 2. The summed E-state index contributed by atoms with van der Waals surface area (Å²) in [6, 6.07) is 13.7. The molecule has 7 nitrogen and oxygen atoms in total. The number of carbonyl (C=O) groups excluding carboxylic acids is 2. The molecule has 186 valence electrons. The first-order valence-corrected chi connectivity index (χ1v) is 13.6. The predicted octanol–water partition coefficient (Wildman–Crippen LogP) is 3.79. The average molecular weight is 508 g/mol. The first-order chi connectivity index (χ1) is 16.0. The van der Waals surface area contributed by atoms with Crippen LogP contribution < -0.4 is 9.62 Å². The topological polar surface area (TPSA) is 86.8 Å². The van der Waals surface area contributed by atoms with Gasteiger partial charge in [0, 0.05) is 18.1 Å². The first-order valence-electron chi connectivity index (χ1n) is 11.4. The van der Waals surface area contributed by atoms with Crippen molar-refractivity contribution in [3.63, 3.8) is 0 Å². The van der Waals surface area contributed by atoms with Crippen molar-refractivity contribution < 1.29 is 18.0 Å². The number of anilines is 1. The molecule has 0 fully saturated rings. The monoisotopic (exact) mass is 507 g/mol. The predicted molar refractivity (Wildman–Crippen MR) is 138 cm³/mol. The second-order valence-corrected chi connectivity index (χ2v) is 10.7. The number of halogens is 1. The van der Waals surface area contributed by atoms with E-state index in [4.69, 9.17) is 11.6 Å². The Balaban J connectivity index is 2.29. The van der Waals surface area contributed by atoms with Crippen LogP contribution in [0.1, 0.15) is 37.8 Å². The molecule has 0 radical (unpaired) electrons. The van der Waals surface area contributed by atoms with Crippen molar-refractivity contribution in [1.29, 1.82) is 0 Å². The quantitative estimate of drug-likeness (QED) is 0.443. The molecule has 1 N–H and O–H groups in total. The fraction of sp³-hybridized carbons (Fsp3) is 0.440. The molecule has 2 rings (SSSR count). The summed E-state index contributed by atoms with van der Waals surface area (Å²) >= 11 is 6.21. The van der Waals surface area contributed by atoms with Gasteiger partial charge < -0.3 is 10.2 Å². The lowest BCUT2D eigenvalue weighted by Crippen LogP contribution is -2.52. The molecule has 2 aromatic carbocycles. The molecule has 34 heavy (non-hydrogen) atoms. The molecule has 2 amide bonds. The third-order valence-corrected chi connectivity index (χ3v) is 7.15. The third-order valence-electron chi connectivity index (χ3n) is 5.60. The largest absolute Gasteiger partial charge is 0.354 e. The summed E-state index contributed by atoms with van der Waals surface area (Å²) in [5, 5.41) is 3.27. The molecule has 9 heteroatoms. The molecule has 0 saturated carbocycles. The van der Waals surface area contributed by atoms with Crippen LogP contribution in [-0.2, 0) is 26.0 Å². The van der Waals surface area contributed by atoms with Crippen LogP contribution in [0.3, 0.4) is 0 Å². The lowest BCUT2D eigenvalue weighted by Gasteiger charge is -2.31. The number of nitrogens with one attached hydrogen (secondary N) is 1. The van der Waals surface area contributed by atoms with Crippen LogP contribution in [-0.4, -0.2) is 57.1 Å². The number of hydrogen-bond acceptors (Lipinski definition) is 4. The SMILES string of the molecule is CCCCNC(=O)[C@H](C)N(CCc1ccccc1)C(=O)CN(c1ccc(C)c(Cl)c1)S(C)(=O)=O. The molecule has 0 aliphatic rings. The van der Waals surface area contributed by atoms with Crippen molar-refractivity contribution in [2.45, 2.75) is 46.1 Å². The highest BCUT2D eigenvalue weighted by atomic mass is 35.5. The average Bonchev–Trinajstić information content (AvgIpc) is 2.79. The molecule has 1 atom stereocenters. The van der Waals surface area contributed by atoms with Gasteiger partial charge in [0.1, 0.15) is 12.6 Å². The second-order valence-electron chi connectivity index (χ2n) is 8.35. The molecule has 0 saturated heterocycles. The maximum absolute atomic E-state index is 13.4. The Bertz CT molecular complexity index is 1080. The van der Waals surface area contributed by atoms with Gasteiger partial charge in [-0.2, -0.15) is 0 Å². The van der Waals surface area contributed by atoms with Crippen molar-refractivity contribution in [3.8, 4) is 0 Å². The minimum absolute atomic E-state index is 0.265. The van der Waals surface area contributed by atoms with Crippen molar-refractivity contribution in [2.75, 3.05) is 30.2 Å². The van der Waals surface area contributed by atoms with Gasteiger partial charge >= 0.3 is 0 Å². The Hall–Kier alpha value is -2.58. The fourth-order valence-corrected chi connectivity index (χ4v) is 4.47. The van der Waals surface area contributed by atoms with Crippen LogP contribution in [0.25, 0.3) is 0 Å². The summed E-state index contributed by atoms with van der Waals surface area (Å²) in [4.78, 5) is 27.6. The van der Waals surface area contributed by atoms with Gasteiger partial charge in [0.05, 0.1) is 11.9 Å². The number of amides is 2. The van der Waals surface area contributed by atoms with Gasteiger partial charge in [-0.1, -0.05) is 61.3 Å². The highest BCUT2D eigenvalue weighted by Crippen LogP contribution is 2.25. The molecule has 0 heterocycles. The smallest absolute Gasteiger partial charge is 0.244 e. The number of unbranched alkanes of at least 4 members (excludes halogenated alkanes) is 1. The number of sulfonamides is 1.